The molecule has 0 radical (unpaired) electrons. The molecule has 2 atom stereocenters. The van der Waals surface area contributed by atoms with Crippen LogP contribution in [-0.4, -0.2) is 42.3 Å². The Labute approximate surface area is 143 Å². The van der Waals surface area contributed by atoms with Gasteiger partial charge in [-0.2, -0.15) is 0 Å². The lowest BCUT2D eigenvalue weighted by atomic mass is 9.88. The predicted octanol–water partition coefficient (Wildman–Crippen LogP) is 2.12. The Hall–Kier alpha value is -1.63. The average molecular weight is 345 g/mol. The molecule has 0 aromatic heterocycles. The third-order valence-electron chi connectivity index (χ3n) is 3.49. The Morgan fingerprint density at radius 1 is 1.08 bits per heavy atom. The summed E-state index contributed by atoms with van der Waals surface area (Å²) in [5, 5.41) is 8.93. The van der Waals surface area contributed by atoms with Gasteiger partial charge in [0.25, 0.3) is 0 Å². The zero-order chi connectivity index (χ0) is 18.5. The maximum absolute atomic E-state index is 11.9. The summed E-state index contributed by atoms with van der Waals surface area (Å²) < 4.78 is 10.1. The van der Waals surface area contributed by atoms with E-state index in [0.29, 0.717) is 32.3 Å². The summed E-state index contributed by atoms with van der Waals surface area (Å²) in [6.07, 6.45) is 2.72. The molecular weight excluding hydrogens is 314 g/mol. The smallest absolute Gasteiger partial charge is 0.323 e. The number of hydrogen-bond acceptors (Lipinski definition) is 6. The maximum atomic E-state index is 11.9. The van der Waals surface area contributed by atoms with Crippen LogP contribution in [0.2, 0.25) is 0 Å². The second-order valence-electron chi connectivity index (χ2n) is 6.36. The zero-order valence-corrected chi connectivity index (χ0v) is 15.0. The van der Waals surface area contributed by atoms with Crippen molar-refractivity contribution in [3.8, 4) is 0 Å². The van der Waals surface area contributed by atoms with Gasteiger partial charge in [0.05, 0.1) is 19.6 Å². The molecule has 0 amide bonds. The van der Waals surface area contributed by atoms with E-state index in [1.807, 2.05) is 20.8 Å². The molecule has 0 aliphatic rings. The first-order valence-corrected chi connectivity index (χ1v) is 8.57. The lowest BCUT2D eigenvalue weighted by molar-refractivity contribution is -0.149. The molecule has 0 aliphatic heterocycles. The first-order chi connectivity index (χ1) is 11.3. The van der Waals surface area contributed by atoms with E-state index in [1.54, 1.807) is 0 Å². The second-order valence-corrected chi connectivity index (χ2v) is 6.36. The molecule has 3 N–H and O–H groups in total. The van der Waals surface area contributed by atoms with Crippen LogP contribution in [0, 0.1) is 11.8 Å². The summed E-state index contributed by atoms with van der Waals surface area (Å²) in [5.74, 6) is -1.97. The summed E-state index contributed by atoms with van der Waals surface area (Å²) in [7, 11) is 0. The summed E-state index contributed by atoms with van der Waals surface area (Å²) in [6, 6.07) is -0.939. The van der Waals surface area contributed by atoms with Gasteiger partial charge < -0.3 is 20.3 Å². The number of ether oxygens (including phenoxy) is 2. The Morgan fingerprint density at radius 2 is 1.67 bits per heavy atom. The summed E-state index contributed by atoms with van der Waals surface area (Å²) in [5.41, 5.74) is 5.86. The highest BCUT2D eigenvalue weighted by Gasteiger charge is 2.28. The number of unbranched alkanes of at least 4 members (excludes halogenated alkanes) is 1. The van der Waals surface area contributed by atoms with Crippen LogP contribution in [-0.2, 0) is 23.9 Å². The number of esters is 2. The molecule has 2 unspecified atom stereocenters. The van der Waals surface area contributed by atoms with Crippen LogP contribution in [0.5, 0.6) is 0 Å². The van der Waals surface area contributed by atoms with E-state index < -0.39 is 23.9 Å². The molecule has 0 aromatic rings. The van der Waals surface area contributed by atoms with Gasteiger partial charge in [0, 0.05) is 6.42 Å². The molecule has 7 heteroatoms. The maximum Gasteiger partial charge on any atom is 0.323 e. The van der Waals surface area contributed by atoms with Gasteiger partial charge in [-0.3, -0.25) is 14.4 Å². The van der Waals surface area contributed by atoms with Crippen LogP contribution < -0.4 is 5.73 Å². The van der Waals surface area contributed by atoms with E-state index in [2.05, 4.69) is 0 Å². The van der Waals surface area contributed by atoms with Crippen LogP contribution in [0.1, 0.15) is 59.3 Å². The molecule has 0 saturated carbocycles. The van der Waals surface area contributed by atoms with E-state index in [4.69, 9.17) is 20.3 Å². The topological polar surface area (TPSA) is 116 Å². The van der Waals surface area contributed by atoms with Crippen molar-refractivity contribution in [2.75, 3.05) is 13.2 Å². The molecule has 7 nitrogen and oxygen atoms in total. The Bertz CT molecular complexity index is 397. The summed E-state index contributed by atoms with van der Waals surface area (Å²) in [6.45, 7) is 6.29. The van der Waals surface area contributed by atoms with Crippen molar-refractivity contribution in [2.24, 2.45) is 17.6 Å². The predicted molar refractivity (Wildman–Crippen MR) is 89.2 cm³/mol. The molecular formula is C17H31NO6. The van der Waals surface area contributed by atoms with E-state index >= 15 is 0 Å². The van der Waals surface area contributed by atoms with Crippen molar-refractivity contribution in [1.29, 1.82) is 0 Å². The number of carbonyl (C=O) groups is 3. The fourth-order valence-electron chi connectivity index (χ4n) is 2.31. The lowest BCUT2D eigenvalue weighted by Crippen LogP contribution is -2.41. The Kier molecular flexibility index (Phi) is 11.9. The van der Waals surface area contributed by atoms with Gasteiger partial charge in [-0.15, -0.1) is 0 Å². The number of carboxylic acids is 1. The molecule has 0 rings (SSSR count). The minimum absolute atomic E-state index is 0.151. The molecule has 24 heavy (non-hydrogen) atoms. The molecule has 0 bridgehead atoms. The number of carboxylic acid groups (broad SMARTS) is 1. The third kappa shape index (κ3) is 11.0. The van der Waals surface area contributed by atoms with Crippen LogP contribution in [0.3, 0.4) is 0 Å². The SMILES string of the molecule is CCCC(=O)OCCCCOC(=O)C(N)C(CC(=O)O)CC(C)C. The van der Waals surface area contributed by atoms with Gasteiger partial charge in [0.1, 0.15) is 6.04 Å². The highest BCUT2D eigenvalue weighted by atomic mass is 16.5. The Morgan fingerprint density at radius 3 is 2.17 bits per heavy atom. The van der Waals surface area contributed by atoms with Crippen molar-refractivity contribution in [2.45, 2.75) is 65.3 Å². The number of hydrogen-bond donors (Lipinski definition) is 2. The first-order valence-electron chi connectivity index (χ1n) is 8.57. The summed E-state index contributed by atoms with van der Waals surface area (Å²) >= 11 is 0. The van der Waals surface area contributed by atoms with Crippen molar-refractivity contribution in [3.05, 3.63) is 0 Å². The monoisotopic (exact) mass is 345 g/mol. The third-order valence-corrected chi connectivity index (χ3v) is 3.49. The number of carbonyl (C=O) groups excluding carboxylic acids is 2. The van der Waals surface area contributed by atoms with Gasteiger partial charge in [0.15, 0.2) is 0 Å². The number of aliphatic carboxylic acids is 1. The minimum Gasteiger partial charge on any atom is -0.481 e. The molecule has 0 aromatic carbocycles. The summed E-state index contributed by atoms with van der Waals surface area (Å²) in [4.78, 5) is 34.0. The molecule has 0 aliphatic carbocycles. The Balaban J connectivity index is 4.06. The molecule has 0 spiro atoms. The van der Waals surface area contributed by atoms with Crippen LogP contribution in [0.4, 0.5) is 0 Å². The average Bonchev–Trinajstić information content (AvgIpc) is 2.48. The standard InChI is InChI=1S/C17H31NO6/c1-4-7-15(21)23-8-5-6-9-24-17(22)16(18)13(10-12(2)3)11-14(19)20/h12-13,16H,4-11,18H2,1-3H3,(H,19,20). The van der Waals surface area contributed by atoms with Gasteiger partial charge >= 0.3 is 17.9 Å². The number of nitrogens with two attached hydrogens (primary N) is 1. The van der Waals surface area contributed by atoms with E-state index in [9.17, 15) is 14.4 Å². The second kappa shape index (κ2) is 12.8. The van der Waals surface area contributed by atoms with Gasteiger partial charge in [0.2, 0.25) is 0 Å². The first kappa shape index (κ1) is 22.4. The fourth-order valence-corrected chi connectivity index (χ4v) is 2.31. The van der Waals surface area contributed by atoms with E-state index in [-0.39, 0.29) is 24.9 Å². The zero-order valence-electron chi connectivity index (χ0n) is 15.0. The molecule has 0 fully saturated rings. The van der Waals surface area contributed by atoms with Gasteiger partial charge in [-0.05, 0) is 37.5 Å². The van der Waals surface area contributed by atoms with Crippen molar-refractivity contribution < 1.29 is 29.0 Å². The molecule has 0 heterocycles. The lowest BCUT2D eigenvalue weighted by Gasteiger charge is -2.22. The van der Waals surface area contributed by atoms with E-state index in [1.165, 1.54) is 0 Å². The van der Waals surface area contributed by atoms with Crippen LogP contribution in [0.15, 0.2) is 0 Å². The van der Waals surface area contributed by atoms with Gasteiger partial charge in [-0.1, -0.05) is 20.8 Å². The van der Waals surface area contributed by atoms with Crippen LogP contribution in [0.25, 0.3) is 0 Å². The van der Waals surface area contributed by atoms with Crippen LogP contribution >= 0.6 is 0 Å². The van der Waals surface area contributed by atoms with Crippen molar-refractivity contribution in [1.82, 2.24) is 0 Å². The highest BCUT2D eigenvalue weighted by molar-refractivity contribution is 5.77. The van der Waals surface area contributed by atoms with Gasteiger partial charge in [-0.25, -0.2) is 0 Å². The van der Waals surface area contributed by atoms with E-state index in [0.717, 1.165) is 6.42 Å². The minimum atomic E-state index is -0.974. The largest absolute Gasteiger partial charge is 0.481 e. The highest BCUT2D eigenvalue weighted by Crippen LogP contribution is 2.19. The molecule has 0 saturated heterocycles. The quantitative estimate of drug-likeness (QED) is 0.388. The fraction of sp³-hybridized carbons (Fsp3) is 0.824. The normalized spacial score (nSPS) is 13.4. The number of rotatable bonds is 13. The molecule has 140 valence electrons. The van der Waals surface area contributed by atoms with Crippen molar-refractivity contribution in [3.63, 3.8) is 0 Å². The van der Waals surface area contributed by atoms with Crippen molar-refractivity contribution >= 4 is 17.9 Å².